The van der Waals surface area contributed by atoms with Crippen LogP contribution in [0.3, 0.4) is 0 Å². The molecule has 1 aliphatic carbocycles. The van der Waals surface area contributed by atoms with Gasteiger partial charge in [0.15, 0.2) is 0 Å². The number of nitrogens with zero attached hydrogens (tertiary/aromatic N) is 3. The van der Waals surface area contributed by atoms with Crippen LogP contribution in [-0.2, 0) is 21.1 Å². The molecule has 5 rings (SSSR count). The van der Waals surface area contributed by atoms with Gasteiger partial charge in [0.05, 0.1) is 29.2 Å². The number of rotatable bonds is 5. The Hall–Kier alpha value is -3.05. The number of hydrogen-bond acceptors (Lipinski definition) is 4. The summed E-state index contributed by atoms with van der Waals surface area (Å²) < 4.78 is 46.3. The topological polar surface area (TPSA) is 56.6 Å². The van der Waals surface area contributed by atoms with E-state index in [1.54, 1.807) is 19.2 Å². The number of piperidine rings is 1. The number of ether oxygens (including phenoxy) is 1. The van der Waals surface area contributed by atoms with Gasteiger partial charge in [-0.2, -0.15) is 18.4 Å². The summed E-state index contributed by atoms with van der Waals surface area (Å²) in [6.07, 6.45) is -2.17. The normalized spacial score (nSPS) is 25.2. The fourth-order valence-electron chi connectivity index (χ4n) is 6.06. The molecule has 0 bridgehead atoms. The van der Waals surface area contributed by atoms with Crippen molar-refractivity contribution in [2.24, 2.45) is 11.3 Å². The summed E-state index contributed by atoms with van der Waals surface area (Å²) in [6, 6.07) is 15.5. The number of benzene rings is 2. The molecule has 2 aromatic carbocycles. The van der Waals surface area contributed by atoms with Gasteiger partial charge in [-0.15, -0.1) is 0 Å². The van der Waals surface area contributed by atoms with E-state index < -0.39 is 17.2 Å². The van der Waals surface area contributed by atoms with Crippen LogP contribution in [0, 0.1) is 22.7 Å². The Labute approximate surface area is 203 Å². The van der Waals surface area contributed by atoms with E-state index in [0.29, 0.717) is 38.5 Å². The molecular weight excluding hydrogens is 455 g/mol. The van der Waals surface area contributed by atoms with Crippen LogP contribution >= 0.6 is 0 Å². The van der Waals surface area contributed by atoms with Gasteiger partial charge in [-0.25, -0.2) is 0 Å². The molecule has 3 fully saturated rings. The van der Waals surface area contributed by atoms with E-state index in [4.69, 9.17) is 10.00 Å². The largest absolute Gasteiger partial charge is 0.417 e. The van der Waals surface area contributed by atoms with E-state index >= 15 is 0 Å². The number of nitriles is 1. The Kier molecular flexibility index (Phi) is 5.79. The van der Waals surface area contributed by atoms with Gasteiger partial charge in [-0.05, 0) is 43.0 Å². The molecule has 2 saturated heterocycles. The van der Waals surface area contributed by atoms with E-state index in [1.807, 2.05) is 40.1 Å². The quantitative estimate of drug-likeness (QED) is 0.623. The van der Waals surface area contributed by atoms with Crippen molar-refractivity contribution in [3.8, 4) is 6.07 Å². The van der Waals surface area contributed by atoms with Crippen LogP contribution in [0.4, 0.5) is 18.9 Å². The van der Waals surface area contributed by atoms with Crippen LogP contribution in [0.2, 0.25) is 0 Å². The molecule has 0 aromatic heterocycles. The molecule has 0 spiro atoms. The number of carbonyl (C=O) groups excluding carboxylic acids is 1. The van der Waals surface area contributed by atoms with Crippen molar-refractivity contribution in [3.05, 3.63) is 65.2 Å². The highest BCUT2D eigenvalue weighted by Crippen LogP contribution is 2.52. The fraction of sp³-hybridized carbons (Fsp3) is 0.481. The van der Waals surface area contributed by atoms with E-state index in [0.717, 1.165) is 30.9 Å². The number of fused-ring (bicyclic) bond motifs is 1. The minimum absolute atomic E-state index is 0.0803. The molecule has 0 radical (unpaired) electrons. The van der Waals surface area contributed by atoms with Crippen molar-refractivity contribution in [1.82, 2.24) is 4.90 Å². The fourth-order valence-corrected chi connectivity index (χ4v) is 6.06. The standard InChI is InChI=1S/C27H28F3N3O2/c1-35-18-25-11-12-32(24(34)26(9-10-26)20-5-3-2-4-6-20)15-21(25)16-33(17-25)22-8-7-19(14-31)23(13-22)27(28,29)30/h2-8,13,21H,9-12,15-18H2,1H3. The maximum absolute atomic E-state index is 13.6. The lowest BCUT2D eigenvalue weighted by atomic mass is 9.73. The summed E-state index contributed by atoms with van der Waals surface area (Å²) in [7, 11) is 1.64. The van der Waals surface area contributed by atoms with Crippen LogP contribution in [0.25, 0.3) is 0 Å². The SMILES string of the molecule is COCC12CCN(C(=O)C3(c4ccccc4)CC3)CC1CN(c1ccc(C#N)c(C(F)(F)F)c1)C2. The third-order valence-corrected chi connectivity index (χ3v) is 8.13. The number of likely N-dealkylation sites (tertiary alicyclic amines) is 1. The van der Waals surface area contributed by atoms with Crippen LogP contribution in [0.5, 0.6) is 0 Å². The second kappa shape index (κ2) is 8.56. The van der Waals surface area contributed by atoms with Gasteiger partial charge < -0.3 is 14.5 Å². The average molecular weight is 484 g/mol. The van der Waals surface area contributed by atoms with E-state index in [2.05, 4.69) is 0 Å². The van der Waals surface area contributed by atoms with Crippen molar-refractivity contribution < 1.29 is 22.7 Å². The molecule has 5 nitrogen and oxygen atoms in total. The van der Waals surface area contributed by atoms with Crippen LogP contribution in [0.15, 0.2) is 48.5 Å². The smallest absolute Gasteiger partial charge is 0.384 e. The molecule has 2 aliphatic heterocycles. The van der Waals surface area contributed by atoms with E-state index in [9.17, 15) is 18.0 Å². The Morgan fingerprint density at radius 1 is 1.14 bits per heavy atom. The lowest BCUT2D eigenvalue weighted by Crippen LogP contribution is -2.53. The molecular formula is C27H28F3N3O2. The van der Waals surface area contributed by atoms with Gasteiger partial charge in [0.2, 0.25) is 5.91 Å². The summed E-state index contributed by atoms with van der Waals surface area (Å²) in [4.78, 5) is 17.6. The minimum Gasteiger partial charge on any atom is -0.384 e. The molecule has 2 unspecified atom stereocenters. The molecule has 0 N–H and O–H groups in total. The first-order valence-electron chi connectivity index (χ1n) is 11.9. The third-order valence-electron chi connectivity index (χ3n) is 8.13. The lowest BCUT2D eigenvalue weighted by molar-refractivity contribution is -0.139. The van der Waals surface area contributed by atoms with Crippen LogP contribution in [0.1, 0.15) is 36.0 Å². The van der Waals surface area contributed by atoms with Crippen LogP contribution < -0.4 is 4.90 Å². The van der Waals surface area contributed by atoms with Gasteiger partial charge in [0.25, 0.3) is 0 Å². The van der Waals surface area contributed by atoms with Crippen molar-refractivity contribution in [2.75, 3.05) is 44.8 Å². The zero-order valence-corrected chi connectivity index (χ0v) is 19.6. The number of amides is 1. The van der Waals surface area contributed by atoms with Crippen molar-refractivity contribution in [2.45, 2.75) is 30.9 Å². The third kappa shape index (κ3) is 4.06. The maximum atomic E-state index is 13.6. The number of hydrogen-bond donors (Lipinski definition) is 0. The zero-order chi connectivity index (χ0) is 24.8. The maximum Gasteiger partial charge on any atom is 0.417 e. The molecule has 2 aromatic rings. The van der Waals surface area contributed by atoms with Crippen molar-refractivity contribution >= 4 is 11.6 Å². The molecule has 8 heteroatoms. The van der Waals surface area contributed by atoms with Gasteiger partial charge in [-0.1, -0.05) is 30.3 Å². The van der Waals surface area contributed by atoms with Gasteiger partial charge in [0, 0.05) is 50.3 Å². The summed E-state index contributed by atoms with van der Waals surface area (Å²) >= 11 is 0. The molecule has 2 atom stereocenters. The molecule has 184 valence electrons. The Morgan fingerprint density at radius 3 is 2.51 bits per heavy atom. The second-order valence-electron chi connectivity index (χ2n) is 10.2. The first kappa shape index (κ1) is 23.7. The Morgan fingerprint density at radius 2 is 1.89 bits per heavy atom. The Bertz CT molecular complexity index is 1160. The summed E-state index contributed by atoms with van der Waals surface area (Å²) in [5.74, 6) is 0.239. The van der Waals surface area contributed by atoms with E-state index in [-0.39, 0.29) is 22.8 Å². The number of halogens is 3. The van der Waals surface area contributed by atoms with Crippen LogP contribution in [-0.4, -0.2) is 50.7 Å². The van der Waals surface area contributed by atoms with Crippen molar-refractivity contribution in [3.63, 3.8) is 0 Å². The number of anilines is 1. The lowest BCUT2D eigenvalue weighted by Gasteiger charge is -2.44. The minimum atomic E-state index is -4.60. The van der Waals surface area contributed by atoms with Gasteiger partial charge in [-0.3, -0.25) is 4.79 Å². The molecule has 2 heterocycles. The highest BCUT2D eigenvalue weighted by molar-refractivity contribution is 5.91. The molecule has 35 heavy (non-hydrogen) atoms. The van der Waals surface area contributed by atoms with Gasteiger partial charge in [0.1, 0.15) is 0 Å². The molecule has 1 amide bonds. The highest BCUT2D eigenvalue weighted by atomic mass is 19.4. The first-order valence-corrected chi connectivity index (χ1v) is 11.9. The second-order valence-corrected chi connectivity index (χ2v) is 10.2. The summed E-state index contributed by atoms with van der Waals surface area (Å²) in [5.41, 5.74) is -0.456. The summed E-state index contributed by atoms with van der Waals surface area (Å²) in [6.45, 7) is 2.76. The highest BCUT2D eigenvalue weighted by Gasteiger charge is 2.56. The van der Waals surface area contributed by atoms with Gasteiger partial charge >= 0.3 is 6.18 Å². The molecule has 1 saturated carbocycles. The first-order chi connectivity index (χ1) is 16.7. The Balaban J connectivity index is 1.39. The predicted molar refractivity (Wildman–Crippen MR) is 125 cm³/mol. The average Bonchev–Trinajstić information content (AvgIpc) is 3.58. The summed E-state index contributed by atoms with van der Waals surface area (Å²) in [5, 5.41) is 9.13. The molecule has 3 aliphatic rings. The zero-order valence-electron chi connectivity index (χ0n) is 19.6. The predicted octanol–water partition coefficient (Wildman–Crippen LogP) is 4.61. The number of methoxy groups -OCH3 is 1. The number of alkyl halides is 3. The monoisotopic (exact) mass is 483 g/mol. The van der Waals surface area contributed by atoms with Crippen molar-refractivity contribution in [1.29, 1.82) is 5.26 Å². The van der Waals surface area contributed by atoms with E-state index in [1.165, 1.54) is 6.07 Å². The number of carbonyl (C=O) groups is 1.